The topological polar surface area (TPSA) is 179 Å². The summed E-state index contributed by atoms with van der Waals surface area (Å²) in [5.74, 6) is 0. The van der Waals surface area contributed by atoms with E-state index in [9.17, 15) is 30.6 Å². The molecule has 2 aliphatic rings. The molecule has 11 nitrogen and oxygen atoms in total. The largest absolute Gasteiger partial charge is 0.394 e. The second kappa shape index (κ2) is 8.50. The third-order valence-electron chi connectivity index (χ3n) is 4.50. The fraction of sp³-hybridized carbons (Fsp3) is 1.00. The van der Waals surface area contributed by atoms with Crippen molar-refractivity contribution in [3.8, 4) is 0 Å². The van der Waals surface area contributed by atoms with Gasteiger partial charge in [0.2, 0.25) is 0 Å². The minimum atomic E-state index is -1.62. The average molecular weight is 370 g/mol. The Hall–Kier alpha value is -0.440. The van der Waals surface area contributed by atoms with Crippen molar-refractivity contribution >= 4 is 0 Å². The van der Waals surface area contributed by atoms with Crippen LogP contribution in [0, 0.1) is 0 Å². The molecule has 1 unspecified atom stereocenters. The molecule has 11 atom stereocenters. The molecule has 25 heavy (non-hydrogen) atoms. The van der Waals surface area contributed by atoms with E-state index in [1.165, 1.54) is 14.0 Å². The second-order valence-corrected chi connectivity index (χ2v) is 6.22. The van der Waals surface area contributed by atoms with Gasteiger partial charge in [-0.3, -0.25) is 0 Å². The highest BCUT2D eigenvalue weighted by molar-refractivity contribution is 4.93. The van der Waals surface area contributed by atoms with Crippen molar-refractivity contribution in [3.05, 3.63) is 0 Å². The molecule has 0 saturated carbocycles. The van der Waals surface area contributed by atoms with Crippen LogP contribution in [0.25, 0.3) is 0 Å². The van der Waals surface area contributed by atoms with Gasteiger partial charge in [0, 0.05) is 7.11 Å². The monoisotopic (exact) mass is 370 g/mol. The van der Waals surface area contributed by atoms with E-state index in [2.05, 4.69) is 0 Å². The van der Waals surface area contributed by atoms with Gasteiger partial charge in [-0.05, 0) is 6.92 Å². The summed E-state index contributed by atoms with van der Waals surface area (Å²) < 4.78 is 20.9. The second-order valence-electron chi connectivity index (χ2n) is 6.22. The minimum absolute atomic E-state index is 0.613. The Morgan fingerprint density at radius 1 is 0.800 bits per heavy atom. The zero-order valence-corrected chi connectivity index (χ0v) is 13.8. The maximum atomic E-state index is 10.1. The van der Waals surface area contributed by atoms with Gasteiger partial charge < -0.3 is 54.7 Å². The summed E-state index contributed by atoms with van der Waals surface area (Å²) in [6.07, 6.45) is -15.2. The number of hydrogen-bond donors (Lipinski definition) is 7. The summed E-state index contributed by atoms with van der Waals surface area (Å²) in [6.45, 7) is 0.838. The highest BCUT2D eigenvalue weighted by Crippen LogP contribution is 2.28. The lowest BCUT2D eigenvalue weighted by molar-refractivity contribution is -0.343. The van der Waals surface area contributed by atoms with Crippen molar-refractivity contribution in [3.63, 3.8) is 0 Å². The summed E-state index contributed by atoms with van der Waals surface area (Å²) in [4.78, 5) is 0. The fourth-order valence-electron chi connectivity index (χ4n) is 2.93. The third-order valence-corrected chi connectivity index (χ3v) is 4.50. The Kier molecular flexibility index (Phi) is 7.09. The first-order valence-electron chi connectivity index (χ1n) is 7.91. The lowest BCUT2D eigenvalue weighted by Gasteiger charge is -2.44. The summed E-state index contributed by atoms with van der Waals surface area (Å²) in [5.41, 5.74) is 0. The molecule has 2 aliphatic heterocycles. The van der Waals surface area contributed by atoms with E-state index < -0.39 is 74.1 Å². The summed E-state index contributed by atoms with van der Waals surface area (Å²) in [6, 6.07) is 0. The van der Waals surface area contributed by atoms with E-state index in [1.54, 1.807) is 0 Å². The molecule has 0 aromatic heterocycles. The molecule has 0 amide bonds. The zero-order valence-electron chi connectivity index (χ0n) is 13.8. The van der Waals surface area contributed by atoms with Gasteiger partial charge in [-0.2, -0.15) is 0 Å². The highest BCUT2D eigenvalue weighted by Gasteiger charge is 2.49. The molecule has 7 N–H and O–H groups in total. The zero-order chi connectivity index (χ0) is 18.9. The normalized spacial score (nSPS) is 49.8. The molecule has 0 radical (unpaired) electrons. The van der Waals surface area contributed by atoms with E-state index in [0.717, 1.165) is 0 Å². The number of ether oxygens (including phenoxy) is 4. The Morgan fingerprint density at radius 3 is 1.92 bits per heavy atom. The first-order valence-corrected chi connectivity index (χ1v) is 7.91. The van der Waals surface area contributed by atoms with Gasteiger partial charge >= 0.3 is 0 Å². The molecule has 2 heterocycles. The summed E-state index contributed by atoms with van der Waals surface area (Å²) >= 11 is 0. The van der Waals surface area contributed by atoms with Gasteiger partial charge in [0.15, 0.2) is 12.6 Å². The third kappa shape index (κ3) is 4.12. The maximum absolute atomic E-state index is 10.1. The van der Waals surface area contributed by atoms with Crippen LogP contribution in [0.4, 0.5) is 0 Å². The SMILES string of the molecule is CO[C@H]1O[C@H](C(C)O[C@H]2O[C@H](CO)[C@@H](O)[C@H](O)[C@H]2O)[C@@H](O)[C@H](O)[C@H]1O. The molecule has 11 heteroatoms. The molecular weight excluding hydrogens is 344 g/mol. The van der Waals surface area contributed by atoms with Crippen LogP contribution >= 0.6 is 0 Å². The number of aliphatic hydroxyl groups excluding tert-OH is 7. The van der Waals surface area contributed by atoms with Crippen molar-refractivity contribution < 1.29 is 54.7 Å². The van der Waals surface area contributed by atoms with Crippen LogP contribution in [0.2, 0.25) is 0 Å². The van der Waals surface area contributed by atoms with Crippen molar-refractivity contribution in [2.75, 3.05) is 13.7 Å². The van der Waals surface area contributed by atoms with Crippen molar-refractivity contribution in [1.29, 1.82) is 0 Å². The molecule has 2 fully saturated rings. The van der Waals surface area contributed by atoms with Crippen LogP contribution < -0.4 is 0 Å². The molecule has 0 spiro atoms. The highest BCUT2D eigenvalue weighted by atomic mass is 16.7. The molecule has 2 rings (SSSR count). The lowest BCUT2D eigenvalue weighted by Crippen LogP contribution is -2.63. The maximum Gasteiger partial charge on any atom is 0.187 e. The van der Waals surface area contributed by atoms with Crippen LogP contribution in [0.15, 0.2) is 0 Å². The van der Waals surface area contributed by atoms with Gasteiger partial charge in [0.1, 0.15) is 48.8 Å². The molecule has 148 valence electrons. The van der Waals surface area contributed by atoms with E-state index in [-0.39, 0.29) is 0 Å². The molecule has 2 saturated heterocycles. The number of hydrogen-bond acceptors (Lipinski definition) is 11. The Balaban J connectivity index is 2.06. The van der Waals surface area contributed by atoms with Crippen molar-refractivity contribution in [2.45, 2.75) is 74.4 Å². The number of aliphatic hydroxyl groups is 7. The summed E-state index contributed by atoms with van der Waals surface area (Å²) in [7, 11) is 1.25. The van der Waals surface area contributed by atoms with Crippen LogP contribution in [0.3, 0.4) is 0 Å². The molecule has 0 bridgehead atoms. The molecular formula is C14H26O11. The number of rotatable bonds is 5. The molecule has 0 aromatic carbocycles. The van der Waals surface area contributed by atoms with Crippen LogP contribution in [0.5, 0.6) is 0 Å². The molecule has 0 aromatic rings. The fourth-order valence-corrected chi connectivity index (χ4v) is 2.93. The predicted octanol–water partition coefficient (Wildman–Crippen LogP) is -4.35. The first-order chi connectivity index (χ1) is 11.7. The quantitative estimate of drug-likeness (QED) is 0.249. The van der Waals surface area contributed by atoms with Gasteiger partial charge in [-0.1, -0.05) is 0 Å². The van der Waals surface area contributed by atoms with Gasteiger partial charge in [-0.25, -0.2) is 0 Å². The first kappa shape index (κ1) is 20.9. The van der Waals surface area contributed by atoms with Gasteiger partial charge in [0.25, 0.3) is 0 Å². The van der Waals surface area contributed by atoms with Crippen molar-refractivity contribution in [2.24, 2.45) is 0 Å². The van der Waals surface area contributed by atoms with Crippen molar-refractivity contribution in [1.82, 2.24) is 0 Å². The van der Waals surface area contributed by atoms with Gasteiger partial charge in [0.05, 0.1) is 12.7 Å². The van der Waals surface area contributed by atoms with Crippen LogP contribution in [0.1, 0.15) is 6.92 Å². The van der Waals surface area contributed by atoms with Crippen LogP contribution in [-0.4, -0.2) is 117 Å². The Bertz CT molecular complexity index is 420. The lowest BCUT2D eigenvalue weighted by atomic mass is 9.95. The minimum Gasteiger partial charge on any atom is -0.394 e. The molecule has 0 aliphatic carbocycles. The van der Waals surface area contributed by atoms with E-state index in [1.807, 2.05) is 0 Å². The Morgan fingerprint density at radius 2 is 1.36 bits per heavy atom. The van der Waals surface area contributed by atoms with E-state index in [0.29, 0.717) is 0 Å². The van der Waals surface area contributed by atoms with Crippen LogP contribution in [-0.2, 0) is 18.9 Å². The smallest absolute Gasteiger partial charge is 0.187 e. The van der Waals surface area contributed by atoms with Gasteiger partial charge in [-0.15, -0.1) is 0 Å². The van der Waals surface area contributed by atoms with E-state index >= 15 is 0 Å². The Labute approximate surface area is 143 Å². The summed E-state index contributed by atoms with van der Waals surface area (Å²) in [5, 5.41) is 68.3. The average Bonchev–Trinajstić information content (AvgIpc) is 2.60. The standard InChI is InChI=1S/C14H26O11/c1-4(12-9(19)8(18)10(20)13(22-2)25-12)23-14-11(21)7(17)6(16)5(3-15)24-14/h4-21H,3H2,1-2H3/t4?,5-,6-,7+,8+,9+,10-,11-,12-,13+,14+/m1/s1. The van der Waals surface area contributed by atoms with E-state index in [4.69, 9.17) is 24.1 Å². The number of methoxy groups -OCH3 is 1. The predicted molar refractivity (Wildman–Crippen MR) is 78.0 cm³/mol.